The second-order valence-electron chi connectivity index (χ2n) is 4.58. The van der Waals surface area contributed by atoms with E-state index >= 15 is 0 Å². The van der Waals surface area contributed by atoms with Crippen LogP contribution in [-0.4, -0.2) is 23.1 Å². The van der Waals surface area contributed by atoms with Crippen molar-refractivity contribution in [3.05, 3.63) is 0 Å². The van der Waals surface area contributed by atoms with Crippen molar-refractivity contribution in [2.75, 3.05) is 0 Å². The first-order valence-electron chi connectivity index (χ1n) is 5.54. The fourth-order valence-electron chi connectivity index (χ4n) is 2.87. The quantitative estimate of drug-likeness (QED) is 0.719. The van der Waals surface area contributed by atoms with Gasteiger partial charge in [0, 0.05) is 6.42 Å². The molecule has 0 aromatic heterocycles. The van der Waals surface area contributed by atoms with E-state index in [-0.39, 0.29) is 30.3 Å². The third-order valence-corrected chi connectivity index (χ3v) is 3.72. The van der Waals surface area contributed by atoms with Crippen molar-refractivity contribution < 1.29 is 19.4 Å². The molecule has 0 spiro atoms. The number of carboxylic acids is 1. The number of rotatable bonds is 3. The summed E-state index contributed by atoms with van der Waals surface area (Å²) in [6.07, 6.45) is 2.64. The Labute approximate surface area is 88.6 Å². The van der Waals surface area contributed by atoms with Gasteiger partial charge in [-0.3, -0.25) is 9.59 Å². The van der Waals surface area contributed by atoms with Gasteiger partial charge in [-0.2, -0.15) is 0 Å². The minimum Gasteiger partial charge on any atom is -0.481 e. The van der Waals surface area contributed by atoms with Crippen molar-refractivity contribution in [3.63, 3.8) is 0 Å². The summed E-state index contributed by atoms with van der Waals surface area (Å²) in [5.41, 5.74) is 0. The van der Waals surface area contributed by atoms with Gasteiger partial charge in [-0.05, 0) is 31.1 Å². The molecule has 1 N–H and O–H groups in total. The van der Waals surface area contributed by atoms with E-state index in [4.69, 9.17) is 9.84 Å². The van der Waals surface area contributed by atoms with Gasteiger partial charge in [0.15, 0.2) is 0 Å². The highest BCUT2D eigenvalue weighted by atomic mass is 16.5. The number of ether oxygens (including phenoxy) is 1. The SMILES string of the molecule is CCC1CC2C(=O)OC1CC2CC(=O)O. The van der Waals surface area contributed by atoms with Crippen molar-refractivity contribution in [3.8, 4) is 0 Å². The van der Waals surface area contributed by atoms with Crippen LogP contribution in [0.4, 0.5) is 0 Å². The summed E-state index contributed by atoms with van der Waals surface area (Å²) in [7, 11) is 0. The summed E-state index contributed by atoms with van der Waals surface area (Å²) in [4.78, 5) is 22.1. The van der Waals surface area contributed by atoms with Gasteiger partial charge in [-0.25, -0.2) is 0 Å². The van der Waals surface area contributed by atoms with E-state index in [2.05, 4.69) is 6.92 Å². The lowest BCUT2D eigenvalue weighted by molar-refractivity contribution is -0.184. The second-order valence-corrected chi connectivity index (χ2v) is 4.58. The van der Waals surface area contributed by atoms with E-state index in [0.29, 0.717) is 5.92 Å². The van der Waals surface area contributed by atoms with Gasteiger partial charge >= 0.3 is 11.9 Å². The molecule has 3 aliphatic rings. The molecule has 2 bridgehead atoms. The molecule has 84 valence electrons. The van der Waals surface area contributed by atoms with E-state index in [1.54, 1.807) is 0 Å². The number of carbonyl (C=O) groups is 2. The van der Waals surface area contributed by atoms with Gasteiger partial charge in [0.1, 0.15) is 6.10 Å². The Morgan fingerprint density at radius 1 is 1.47 bits per heavy atom. The number of aliphatic carboxylic acids is 1. The molecule has 1 saturated carbocycles. The zero-order valence-electron chi connectivity index (χ0n) is 8.81. The number of carboxylic acid groups (broad SMARTS) is 1. The van der Waals surface area contributed by atoms with Crippen LogP contribution in [-0.2, 0) is 14.3 Å². The molecule has 4 nitrogen and oxygen atoms in total. The predicted molar refractivity (Wildman–Crippen MR) is 52.1 cm³/mol. The lowest BCUT2D eigenvalue weighted by atomic mass is 9.68. The highest BCUT2D eigenvalue weighted by Gasteiger charge is 2.48. The van der Waals surface area contributed by atoms with Crippen molar-refractivity contribution in [1.29, 1.82) is 0 Å². The average Bonchev–Trinajstić information content (AvgIpc) is 2.16. The monoisotopic (exact) mass is 212 g/mol. The molecule has 0 amide bonds. The van der Waals surface area contributed by atoms with Gasteiger partial charge in [0.05, 0.1) is 5.92 Å². The smallest absolute Gasteiger partial charge is 0.309 e. The molecule has 2 saturated heterocycles. The predicted octanol–water partition coefficient (Wildman–Crippen LogP) is 1.44. The first kappa shape index (κ1) is 10.5. The zero-order valence-corrected chi connectivity index (χ0v) is 8.81. The van der Waals surface area contributed by atoms with Crippen molar-refractivity contribution in [2.45, 2.75) is 38.7 Å². The van der Waals surface area contributed by atoms with Crippen LogP contribution in [0.2, 0.25) is 0 Å². The van der Waals surface area contributed by atoms with Crippen LogP contribution >= 0.6 is 0 Å². The minimum atomic E-state index is -0.812. The molecule has 2 heterocycles. The van der Waals surface area contributed by atoms with Gasteiger partial charge in [-0.15, -0.1) is 0 Å². The average molecular weight is 212 g/mol. The maximum Gasteiger partial charge on any atom is 0.309 e. The molecule has 2 aliphatic heterocycles. The second kappa shape index (κ2) is 3.83. The van der Waals surface area contributed by atoms with Crippen molar-refractivity contribution in [1.82, 2.24) is 0 Å². The van der Waals surface area contributed by atoms with Crippen LogP contribution in [0.3, 0.4) is 0 Å². The molecule has 3 rings (SSSR count). The first-order chi connectivity index (χ1) is 7.11. The van der Waals surface area contributed by atoms with Crippen LogP contribution < -0.4 is 0 Å². The summed E-state index contributed by atoms with van der Waals surface area (Å²) in [6, 6.07) is 0. The molecule has 15 heavy (non-hydrogen) atoms. The van der Waals surface area contributed by atoms with E-state index in [1.165, 1.54) is 0 Å². The highest BCUT2D eigenvalue weighted by molar-refractivity contribution is 5.76. The Bertz CT molecular complexity index is 286. The number of fused-ring (bicyclic) bond motifs is 3. The van der Waals surface area contributed by atoms with Crippen molar-refractivity contribution >= 4 is 11.9 Å². The molecule has 3 fully saturated rings. The fraction of sp³-hybridized carbons (Fsp3) is 0.818. The number of carbonyl (C=O) groups excluding carboxylic acids is 1. The molecule has 4 heteroatoms. The Morgan fingerprint density at radius 3 is 2.73 bits per heavy atom. The molecule has 0 aromatic carbocycles. The third-order valence-electron chi connectivity index (χ3n) is 3.72. The van der Waals surface area contributed by atoms with Gasteiger partial charge in [0.25, 0.3) is 0 Å². The summed E-state index contributed by atoms with van der Waals surface area (Å²) in [5.74, 6) is -0.721. The van der Waals surface area contributed by atoms with Gasteiger partial charge in [-0.1, -0.05) is 6.92 Å². The number of hydrogen-bond donors (Lipinski definition) is 1. The van der Waals surface area contributed by atoms with Crippen LogP contribution in [0, 0.1) is 17.8 Å². The summed E-state index contributed by atoms with van der Waals surface area (Å²) >= 11 is 0. The van der Waals surface area contributed by atoms with Crippen molar-refractivity contribution in [2.24, 2.45) is 17.8 Å². The Hall–Kier alpha value is -1.06. The molecular weight excluding hydrogens is 196 g/mol. The van der Waals surface area contributed by atoms with E-state index in [9.17, 15) is 9.59 Å². The number of esters is 1. The summed E-state index contributed by atoms with van der Waals surface area (Å²) in [5, 5.41) is 8.75. The topological polar surface area (TPSA) is 63.6 Å². The van der Waals surface area contributed by atoms with Gasteiger partial charge in [0.2, 0.25) is 0 Å². The largest absolute Gasteiger partial charge is 0.481 e. The fourth-order valence-corrected chi connectivity index (χ4v) is 2.87. The Morgan fingerprint density at radius 2 is 2.20 bits per heavy atom. The maximum atomic E-state index is 11.5. The number of hydrogen-bond acceptors (Lipinski definition) is 3. The Balaban J connectivity index is 2.08. The minimum absolute atomic E-state index is 0.00319. The molecule has 0 aromatic rings. The maximum absolute atomic E-state index is 11.5. The van der Waals surface area contributed by atoms with E-state index < -0.39 is 5.97 Å². The molecule has 4 atom stereocenters. The summed E-state index contributed by atoms with van der Waals surface area (Å²) < 4.78 is 5.27. The van der Waals surface area contributed by atoms with E-state index in [0.717, 1.165) is 19.3 Å². The lowest BCUT2D eigenvalue weighted by Crippen LogP contribution is -2.49. The molecular formula is C11H16O4. The van der Waals surface area contributed by atoms with Gasteiger partial charge < -0.3 is 9.84 Å². The first-order valence-corrected chi connectivity index (χ1v) is 5.54. The third kappa shape index (κ3) is 1.85. The van der Waals surface area contributed by atoms with Crippen LogP contribution in [0.15, 0.2) is 0 Å². The van der Waals surface area contributed by atoms with Crippen LogP contribution in [0.1, 0.15) is 32.6 Å². The standard InChI is InChI=1S/C11H16O4/c1-2-6-3-8-7(5-10(12)13)4-9(6)15-11(8)14/h6-9H,2-5H2,1H3,(H,12,13). The Kier molecular flexibility index (Phi) is 2.67. The van der Waals surface area contributed by atoms with Crippen LogP contribution in [0.5, 0.6) is 0 Å². The molecule has 4 unspecified atom stereocenters. The van der Waals surface area contributed by atoms with Crippen LogP contribution in [0.25, 0.3) is 0 Å². The normalized spacial score (nSPS) is 38.9. The van der Waals surface area contributed by atoms with E-state index in [1.807, 2.05) is 0 Å². The molecule has 0 radical (unpaired) electrons. The lowest BCUT2D eigenvalue weighted by Gasteiger charge is -2.45. The highest BCUT2D eigenvalue weighted by Crippen LogP contribution is 2.44. The zero-order chi connectivity index (χ0) is 11.0. The summed E-state index contributed by atoms with van der Waals surface area (Å²) in [6.45, 7) is 2.09. The molecule has 1 aliphatic carbocycles.